The van der Waals surface area contributed by atoms with Gasteiger partial charge in [-0.15, -0.1) is 6.42 Å². The average molecular weight is 427 g/mol. The van der Waals surface area contributed by atoms with Crippen molar-refractivity contribution < 1.29 is 9.53 Å². The molecule has 1 amide bonds. The summed E-state index contributed by atoms with van der Waals surface area (Å²) in [5.41, 5.74) is 2.68. The quantitative estimate of drug-likeness (QED) is 0.408. The topological polar surface area (TPSA) is 43.6 Å². The molecule has 5 heteroatoms. The smallest absolute Gasteiger partial charge is 0.260 e. The maximum atomic E-state index is 13.5. The normalized spacial score (nSPS) is 11.6. The minimum absolute atomic E-state index is 0.229. The number of ether oxygens (including phenoxy) is 1. The molecule has 0 aliphatic rings. The van der Waals surface area contributed by atoms with Gasteiger partial charge in [0.1, 0.15) is 11.3 Å². The third-order valence-corrected chi connectivity index (χ3v) is 5.98. The van der Waals surface area contributed by atoms with Crippen LogP contribution in [0.15, 0.2) is 83.9 Å². The van der Waals surface area contributed by atoms with Crippen LogP contribution in [0.4, 0.5) is 0 Å². The Bertz CT molecular complexity index is 1260. The zero-order valence-electron chi connectivity index (χ0n) is 17.2. The fraction of sp³-hybridized carbons (Fsp3) is 0.154. The van der Waals surface area contributed by atoms with Crippen LogP contribution in [0.3, 0.4) is 0 Å². The molecule has 0 aliphatic heterocycles. The van der Waals surface area contributed by atoms with Crippen molar-refractivity contribution in [1.29, 1.82) is 0 Å². The number of benzene rings is 3. The maximum Gasteiger partial charge on any atom is 0.260 e. The molecule has 4 nitrogen and oxygen atoms in total. The molecule has 0 spiro atoms. The van der Waals surface area contributed by atoms with Crippen LogP contribution >= 0.6 is 11.3 Å². The van der Waals surface area contributed by atoms with Crippen LogP contribution in [-0.2, 0) is 11.3 Å². The van der Waals surface area contributed by atoms with Crippen molar-refractivity contribution >= 4 is 27.5 Å². The van der Waals surface area contributed by atoms with Gasteiger partial charge in [-0.3, -0.25) is 4.79 Å². The molecular weight excluding hydrogens is 404 g/mol. The Morgan fingerprint density at radius 1 is 1.03 bits per heavy atom. The zero-order chi connectivity index (χ0) is 21.6. The first kappa shape index (κ1) is 20.6. The molecule has 0 N–H and O–H groups in total. The van der Waals surface area contributed by atoms with E-state index in [2.05, 4.69) is 10.9 Å². The van der Waals surface area contributed by atoms with E-state index in [-0.39, 0.29) is 5.91 Å². The molecule has 4 aromatic rings. The first-order chi connectivity index (χ1) is 15.2. The summed E-state index contributed by atoms with van der Waals surface area (Å²) in [7, 11) is 0. The van der Waals surface area contributed by atoms with Crippen molar-refractivity contribution in [2.45, 2.75) is 19.4 Å². The number of terminal acetylenes is 1. The first-order valence-electron chi connectivity index (χ1n) is 10.1. The second-order valence-electron chi connectivity index (χ2n) is 6.92. The highest BCUT2D eigenvalue weighted by Crippen LogP contribution is 2.29. The first-order valence-corrected chi connectivity index (χ1v) is 10.9. The summed E-state index contributed by atoms with van der Waals surface area (Å²) in [6.45, 7) is 2.79. The Morgan fingerprint density at radius 2 is 1.68 bits per heavy atom. The number of para-hydroxylation sites is 1. The van der Waals surface area contributed by atoms with Crippen LogP contribution in [0.5, 0.6) is 5.75 Å². The number of thiazole rings is 1. The molecule has 0 saturated carbocycles. The van der Waals surface area contributed by atoms with E-state index >= 15 is 0 Å². The molecule has 154 valence electrons. The van der Waals surface area contributed by atoms with E-state index in [0.717, 1.165) is 27.1 Å². The molecule has 0 saturated heterocycles. The van der Waals surface area contributed by atoms with E-state index in [9.17, 15) is 4.79 Å². The third-order valence-electron chi connectivity index (χ3n) is 4.93. The van der Waals surface area contributed by atoms with Gasteiger partial charge in [-0.25, -0.2) is 0 Å². The number of carbonyl (C=O) groups is 1. The van der Waals surface area contributed by atoms with Crippen molar-refractivity contribution in [3.8, 4) is 18.1 Å². The molecule has 0 radical (unpaired) electrons. The highest BCUT2D eigenvalue weighted by atomic mass is 32.1. The van der Waals surface area contributed by atoms with E-state index < -0.39 is 5.92 Å². The molecule has 0 fully saturated rings. The summed E-state index contributed by atoms with van der Waals surface area (Å²) < 4.78 is 8.66. The lowest BCUT2D eigenvalue weighted by molar-refractivity contribution is -0.118. The lowest BCUT2D eigenvalue weighted by Gasteiger charge is -2.14. The lowest BCUT2D eigenvalue weighted by Crippen LogP contribution is -2.20. The number of nitrogens with zero attached hydrogens (tertiary/aromatic N) is 2. The number of hydrogen-bond donors (Lipinski definition) is 0. The van der Waals surface area contributed by atoms with Gasteiger partial charge in [0.05, 0.1) is 23.8 Å². The zero-order valence-corrected chi connectivity index (χ0v) is 18.0. The van der Waals surface area contributed by atoms with Crippen LogP contribution in [0.25, 0.3) is 10.2 Å². The van der Waals surface area contributed by atoms with Gasteiger partial charge in [0.2, 0.25) is 0 Å². The molecule has 1 aromatic heterocycles. The minimum Gasteiger partial charge on any atom is -0.492 e. The van der Waals surface area contributed by atoms with E-state index in [0.29, 0.717) is 18.0 Å². The summed E-state index contributed by atoms with van der Waals surface area (Å²) in [4.78, 5) is 18.6. The summed E-state index contributed by atoms with van der Waals surface area (Å²) in [6.07, 6.45) is 5.64. The molecular formula is C26H22N2O2S. The van der Waals surface area contributed by atoms with Gasteiger partial charge < -0.3 is 9.30 Å². The number of hydrogen-bond acceptors (Lipinski definition) is 3. The van der Waals surface area contributed by atoms with Crippen LogP contribution < -0.4 is 9.54 Å². The molecule has 4 rings (SSSR count). The minimum atomic E-state index is -0.488. The highest BCUT2D eigenvalue weighted by Gasteiger charge is 2.23. The molecule has 3 aromatic carbocycles. The summed E-state index contributed by atoms with van der Waals surface area (Å²) >= 11 is 1.44. The Morgan fingerprint density at radius 3 is 2.26 bits per heavy atom. The van der Waals surface area contributed by atoms with Crippen molar-refractivity contribution in [3.63, 3.8) is 0 Å². The average Bonchev–Trinajstić information content (AvgIpc) is 3.14. The van der Waals surface area contributed by atoms with Gasteiger partial charge in [-0.05, 0) is 30.2 Å². The Balaban J connectivity index is 1.88. The number of rotatable bonds is 6. The van der Waals surface area contributed by atoms with Gasteiger partial charge in [0.25, 0.3) is 5.91 Å². The van der Waals surface area contributed by atoms with Gasteiger partial charge in [0.15, 0.2) is 4.80 Å². The molecule has 0 bridgehead atoms. The standard InChI is InChI=1S/C26H22N2O2S/c1-3-18-28-24-21(30-4-2)16-11-17-22(24)31-26(28)27-25(29)23(19-12-7-5-8-13-19)20-14-9-6-10-15-20/h1,5-17,23H,4,18H2,2H3. The summed E-state index contributed by atoms with van der Waals surface area (Å²) in [5, 5.41) is 0. The number of aromatic nitrogens is 1. The molecule has 31 heavy (non-hydrogen) atoms. The van der Waals surface area contributed by atoms with Gasteiger partial charge in [0, 0.05) is 0 Å². The molecule has 0 atom stereocenters. The monoisotopic (exact) mass is 426 g/mol. The van der Waals surface area contributed by atoms with Crippen molar-refractivity contribution in [2.24, 2.45) is 4.99 Å². The van der Waals surface area contributed by atoms with E-state index in [4.69, 9.17) is 11.2 Å². The van der Waals surface area contributed by atoms with E-state index in [1.54, 1.807) is 0 Å². The third kappa shape index (κ3) is 4.30. The number of fused-ring (bicyclic) bond motifs is 1. The van der Waals surface area contributed by atoms with Crippen LogP contribution in [0.2, 0.25) is 0 Å². The molecule has 0 aliphatic carbocycles. The largest absolute Gasteiger partial charge is 0.492 e. The fourth-order valence-electron chi connectivity index (χ4n) is 3.62. The van der Waals surface area contributed by atoms with Gasteiger partial charge in [-0.2, -0.15) is 4.99 Å². The second-order valence-corrected chi connectivity index (χ2v) is 7.92. The van der Waals surface area contributed by atoms with Gasteiger partial charge in [-0.1, -0.05) is 84.0 Å². The predicted octanol–water partition coefficient (Wildman–Crippen LogP) is 4.99. The maximum absolute atomic E-state index is 13.5. The lowest BCUT2D eigenvalue weighted by atomic mass is 9.91. The van der Waals surface area contributed by atoms with Crippen molar-refractivity contribution in [3.05, 3.63) is 94.8 Å². The Hall–Kier alpha value is -3.62. The van der Waals surface area contributed by atoms with Crippen molar-refractivity contribution in [2.75, 3.05) is 6.61 Å². The van der Waals surface area contributed by atoms with E-state index in [1.165, 1.54) is 11.3 Å². The molecule has 0 unspecified atom stereocenters. The predicted molar refractivity (Wildman–Crippen MR) is 125 cm³/mol. The Kier molecular flexibility index (Phi) is 6.30. The SMILES string of the molecule is C#CCn1c(=NC(=O)C(c2ccccc2)c2ccccc2)sc2cccc(OCC)c21. The van der Waals surface area contributed by atoms with Gasteiger partial charge >= 0.3 is 0 Å². The molecule has 1 heterocycles. The summed E-state index contributed by atoms with van der Waals surface area (Å²) in [5.74, 6) is 2.70. The van der Waals surface area contributed by atoms with Crippen LogP contribution in [0, 0.1) is 12.3 Å². The van der Waals surface area contributed by atoms with Crippen LogP contribution in [0.1, 0.15) is 24.0 Å². The van der Waals surface area contributed by atoms with Crippen LogP contribution in [-0.4, -0.2) is 17.1 Å². The highest BCUT2D eigenvalue weighted by molar-refractivity contribution is 7.16. The van der Waals surface area contributed by atoms with E-state index in [1.807, 2.05) is 90.4 Å². The summed E-state index contributed by atoms with van der Waals surface area (Å²) in [6, 6.07) is 25.3. The van der Waals surface area contributed by atoms with Crippen molar-refractivity contribution in [1.82, 2.24) is 4.57 Å². The second kappa shape index (κ2) is 9.46. The number of amides is 1. The Labute approximate surface area is 185 Å². The fourth-order valence-corrected chi connectivity index (χ4v) is 4.67. The number of carbonyl (C=O) groups excluding carboxylic acids is 1.